The van der Waals surface area contributed by atoms with Crippen LogP contribution in [0.2, 0.25) is 0 Å². The van der Waals surface area contributed by atoms with E-state index in [9.17, 15) is 0 Å². The van der Waals surface area contributed by atoms with E-state index < -0.39 is 12.0 Å². The van der Waals surface area contributed by atoms with Gasteiger partial charge in [0.25, 0.3) is 0 Å². The molecule has 1 spiro atoms. The molecule has 0 N–H and O–H groups in total. The summed E-state index contributed by atoms with van der Waals surface area (Å²) < 4.78 is 26.2. The third-order valence-electron chi connectivity index (χ3n) is 5.00. The second-order valence-electron chi connectivity index (χ2n) is 6.61. The maximum absolute atomic E-state index is 8.83. The summed E-state index contributed by atoms with van der Waals surface area (Å²) in [5.74, 6) is 0.753. The summed E-state index contributed by atoms with van der Waals surface area (Å²) in [6, 6.07) is 10.1. The molecule has 0 atom stereocenters. The molecule has 1 aliphatic heterocycles. The highest BCUT2D eigenvalue weighted by Gasteiger charge is 2.42. The topological polar surface area (TPSA) is 13.1 Å². The van der Waals surface area contributed by atoms with Crippen molar-refractivity contribution in [1.29, 1.82) is 0 Å². The van der Waals surface area contributed by atoms with Gasteiger partial charge in [-0.3, -0.25) is 0 Å². The van der Waals surface area contributed by atoms with Gasteiger partial charge in [-0.05, 0) is 49.8 Å². The maximum Gasteiger partial charge on any atom is 0.216 e. The van der Waals surface area contributed by atoms with Crippen LogP contribution in [0.4, 0.5) is 0 Å². The first-order chi connectivity index (χ1) is 11.5. The number of benzene rings is 1. The second-order valence-corrected chi connectivity index (χ2v) is 6.61. The van der Waals surface area contributed by atoms with Crippen molar-refractivity contribution in [2.24, 2.45) is 7.05 Å². The van der Waals surface area contributed by atoms with Gasteiger partial charge >= 0.3 is 0 Å². The molecule has 0 bridgehead atoms. The number of hydrogen-bond acceptors (Lipinski definition) is 1. The summed E-state index contributed by atoms with van der Waals surface area (Å²) in [5.41, 5.74) is 3.24. The number of fused-ring (bicyclic) bond motifs is 1. The molecule has 1 aromatic carbocycles. The summed E-state index contributed by atoms with van der Waals surface area (Å²) in [7, 11) is 2.02. The fourth-order valence-corrected chi connectivity index (χ4v) is 3.80. The molecule has 1 saturated carbocycles. The van der Waals surface area contributed by atoms with E-state index in [1.165, 1.54) is 6.42 Å². The van der Waals surface area contributed by atoms with Crippen LogP contribution in [0.3, 0.4) is 0 Å². The van der Waals surface area contributed by atoms with Gasteiger partial charge < -0.3 is 4.74 Å². The van der Waals surface area contributed by atoms with Crippen molar-refractivity contribution >= 4 is 0 Å². The molecule has 0 radical (unpaired) electrons. The van der Waals surface area contributed by atoms with Gasteiger partial charge in [0, 0.05) is 21.2 Å². The number of aromatic nitrogens is 1. The minimum absolute atomic E-state index is 0.691. The Kier molecular flexibility index (Phi) is 2.72. The minimum atomic E-state index is -1.43. The van der Waals surface area contributed by atoms with Crippen LogP contribution in [-0.4, -0.2) is 5.60 Å². The molecule has 2 nitrogen and oxygen atoms in total. The number of rotatable bonds is 1. The number of nitrogens with zero attached hydrogens (tertiary/aromatic N) is 1. The molecule has 114 valence electrons. The maximum atomic E-state index is 8.83. The highest BCUT2D eigenvalue weighted by atomic mass is 16.5. The summed E-state index contributed by atoms with van der Waals surface area (Å²) in [6.07, 6.45) is 5.45. The average molecular weight is 296 g/mol. The van der Waals surface area contributed by atoms with Gasteiger partial charge in [0.1, 0.15) is 18.4 Å². The first-order valence-corrected chi connectivity index (χ1v) is 8.24. The summed E-state index contributed by atoms with van der Waals surface area (Å²) in [5, 5.41) is 0. The van der Waals surface area contributed by atoms with Crippen LogP contribution in [0.1, 0.15) is 46.0 Å². The first kappa shape index (κ1) is 11.7. The van der Waals surface area contributed by atoms with E-state index in [1.54, 1.807) is 0 Å². The van der Waals surface area contributed by atoms with Gasteiger partial charge in [-0.15, -0.1) is 0 Å². The van der Waals surface area contributed by atoms with Crippen molar-refractivity contribution in [3.05, 3.63) is 47.7 Å². The van der Waals surface area contributed by atoms with Crippen molar-refractivity contribution in [3.8, 4) is 17.0 Å². The van der Waals surface area contributed by atoms with Gasteiger partial charge in [0.05, 0.1) is 5.56 Å². The molecule has 0 saturated heterocycles. The lowest BCUT2D eigenvalue weighted by Gasteiger charge is -2.32. The van der Waals surface area contributed by atoms with Crippen molar-refractivity contribution < 1.29 is 12.0 Å². The Hall–Kier alpha value is -1.83. The van der Waals surface area contributed by atoms with Crippen LogP contribution >= 0.6 is 0 Å². The van der Waals surface area contributed by atoms with Gasteiger partial charge in [0.2, 0.25) is 5.69 Å². The van der Waals surface area contributed by atoms with Gasteiger partial charge in [-0.1, -0.05) is 18.6 Å². The average Bonchev–Trinajstić information content (AvgIpc) is 2.77. The Balaban J connectivity index is 1.93. The SMILES string of the molecule is [2H]C1([2H])c2ccc(C)c(-c3cccc[n+]3C)c2OC12CCCCC2. The van der Waals surface area contributed by atoms with Gasteiger partial charge in [-0.25, -0.2) is 4.57 Å². The zero-order valence-corrected chi connectivity index (χ0v) is 13.4. The molecule has 1 aromatic heterocycles. The van der Waals surface area contributed by atoms with Crippen LogP contribution in [0.25, 0.3) is 11.3 Å². The van der Waals surface area contributed by atoms with E-state index >= 15 is 0 Å². The Morgan fingerprint density at radius 3 is 2.73 bits per heavy atom. The molecule has 0 amide bonds. The molecule has 2 aromatic rings. The molecule has 2 heteroatoms. The zero-order chi connectivity index (χ0) is 16.9. The fourth-order valence-electron chi connectivity index (χ4n) is 3.80. The van der Waals surface area contributed by atoms with E-state index in [0.717, 1.165) is 48.3 Å². The Bertz CT molecular complexity index is 794. The van der Waals surface area contributed by atoms with Crippen molar-refractivity contribution in [1.82, 2.24) is 0 Å². The normalized spacial score (nSPS) is 22.6. The molecule has 1 fully saturated rings. The first-order valence-electron chi connectivity index (χ1n) is 9.24. The third-order valence-corrected chi connectivity index (χ3v) is 5.00. The lowest BCUT2D eigenvalue weighted by molar-refractivity contribution is -0.660. The van der Waals surface area contributed by atoms with Crippen LogP contribution in [0.15, 0.2) is 36.5 Å². The van der Waals surface area contributed by atoms with Crippen molar-refractivity contribution in [3.63, 3.8) is 0 Å². The lowest BCUT2D eigenvalue weighted by atomic mass is 9.82. The van der Waals surface area contributed by atoms with Crippen LogP contribution in [0, 0.1) is 6.92 Å². The minimum Gasteiger partial charge on any atom is -0.486 e. The number of ether oxygens (including phenoxy) is 1. The quantitative estimate of drug-likeness (QED) is 0.721. The van der Waals surface area contributed by atoms with E-state index in [1.807, 2.05) is 37.5 Å². The van der Waals surface area contributed by atoms with Gasteiger partial charge in [0.15, 0.2) is 6.20 Å². The molecule has 2 heterocycles. The predicted molar refractivity (Wildman–Crippen MR) is 87.9 cm³/mol. The number of aryl methyl sites for hydroxylation is 2. The molecule has 4 rings (SSSR count). The van der Waals surface area contributed by atoms with Gasteiger partial charge in [-0.2, -0.15) is 0 Å². The van der Waals surface area contributed by atoms with Crippen LogP contribution in [-0.2, 0) is 13.4 Å². The predicted octanol–water partition coefficient (Wildman–Crippen LogP) is 4.12. The van der Waals surface area contributed by atoms with E-state index in [2.05, 4.69) is 17.6 Å². The molecule has 1 aliphatic carbocycles. The standard InChI is InChI=1S/C20H24NO/c1-15-9-10-16-14-20(11-5-3-6-12-20)22-19(16)18(15)17-8-4-7-13-21(17)2/h4,7-10,13H,3,5-6,11-12,14H2,1-2H3/q+1/i14D2. The van der Waals surface area contributed by atoms with E-state index in [-0.39, 0.29) is 0 Å². The smallest absolute Gasteiger partial charge is 0.216 e. The lowest BCUT2D eigenvalue weighted by Crippen LogP contribution is -2.36. The summed E-state index contributed by atoms with van der Waals surface area (Å²) in [6.45, 7) is 2.08. The van der Waals surface area contributed by atoms with Crippen molar-refractivity contribution in [2.75, 3.05) is 0 Å². The summed E-state index contributed by atoms with van der Waals surface area (Å²) in [4.78, 5) is 0. The molecular formula is C20H24NO+. The highest BCUT2D eigenvalue weighted by Crippen LogP contribution is 2.48. The Morgan fingerprint density at radius 2 is 1.95 bits per heavy atom. The summed E-state index contributed by atoms with van der Waals surface area (Å²) >= 11 is 0. The number of hydrogen-bond donors (Lipinski definition) is 0. The molecule has 22 heavy (non-hydrogen) atoms. The monoisotopic (exact) mass is 296 g/mol. The molecular weight excluding hydrogens is 270 g/mol. The van der Waals surface area contributed by atoms with Crippen molar-refractivity contribution in [2.45, 2.75) is 51.0 Å². The fraction of sp³-hybridized carbons (Fsp3) is 0.450. The largest absolute Gasteiger partial charge is 0.486 e. The molecule has 0 unspecified atom stereocenters. The van der Waals surface area contributed by atoms with E-state index in [0.29, 0.717) is 5.56 Å². The Labute approximate surface area is 135 Å². The number of pyridine rings is 1. The molecule has 2 aliphatic rings. The zero-order valence-electron chi connectivity index (χ0n) is 15.4. The highest BCUT2D eigenvalue weighted by molar-refractivity contribution is 5.72. The van der Waals surface area contributed by atoms with Crippen LogP contribution < -0.4 is 9.30 Å². The van der Waals surface area contributed by atoms with E-state index in [4.69, 9.17) is 7.48 Å². The van der Waals surface area contributed by atoms with Crippen LogP contribution in [0.5, 0.6) is 5.75 Å². The Morgan fingerprint density at radius 1 is 1.14 bits per heavy atom. The second kappa shape index (κ2) is 5.12. The third kappa shape index (κ3) is 2.13.